The fourth-order valence-corrected chi connectivity index (χ4v) is 2.14. The van der Waals surface area contributed by atoms with Gasteiger partial charge in [-0.3, -0.25) is 9.59 Å². The summed E-state index contributed by atoms with van der Waals surface area (Å²) in [7, 11) is 3.85. The van der Waals surface area contributed by atoms with Crippen LogP contribution in [0.25, 0.3) is 0 Å². The molecule has 0 saturated carbocycles. The van der Waals surface area contributed by atoms with Gasteiger partial charge in [-0.2, -0.15) is 0 Å². The minimum Gasteiger partial charge on any atom is -0.459 e. The summed E-state index contributed by atoms with van der Waals surface area (Å²) in [6, 6.07) is 7.10. The Balaban J connectivity index is 2.84. The normalized spacial score (nSPS) is 11.4. The van der Waals surface area contributed by atoms with Gasteiger partial charge in [0.15, 0.2) is 0 Å². The molecule has 0 aliphatic rings. The molecule has 6 heteroatoms. The van der Waals surface area contributed by atoms with Gasteiger partial charge < -0.3 is 14.5 Å². The molecule has 5 nitrogen and oxygen atoms in total. The van der Waals surface area contributed by atoms with Crippen LogP contribution >= 0.6 is 15.9 Å². The van der Waals surface area contributed by atoms with E-state index in [1.807, 2.05) is 51.9 Å². The van der Waals surface area contributed by atoms with Gasteiger partial charge in [0.2, 0.25) is 0 Å². The second-order valence-electron chi connectivity index (χ2n) is 6.62. The average Bonchev–Trinajstić information content (AvgIpc) is 2.41. The van der Waals surface area contributed by atoms with Crippen molar-refractivity contribution >= 4 is 27.8 Å². The maximum Gasteiger partial charge on any atom is 0.326 e. The van der Waals surface area contributed by atoms with Crippen LogP contribution in [0.5, 0.6) is 0 Å². The first-order chi connectivity index (χ1) is 10.6. The van der Waals surface area contributed by atoms with Gasteiger partial charge in [-0.15, -0.1) is 0 Å². The summed E-state index contributed by atoms with van der Waals surface area (Å²) in [4.78, 5) is 28.2. The Bertz CT molecular complexity index is 536. The topological polar surface area (TPSA) is 49.9 Å². The highest BCUT2D eigenvalue weighted by molar-refractivity contribution is 9.10. The zero-order chi connectivity index (χ0) is 17.6. The van der Waals surface area contributed by atoms with Crippen molar-refractivity contribution in [3.8, 4) is 0 Å². The van der Waals surface area contributed by atoms with Crippen LogP contribution in [0.15, 0.2) is 28.7 Å². The fraction of sp³-hybridized carbons (Fsp3) is 0.529. The summed E-state index contributed by atoms with van der Waals surface area (Å²) in [5.41, 5.74) is -0.0131. The van der Waals surface area contributed by atoms with Crippen LogP contribution < -0.4 is 0 Å². The van der Waals surface area contributed by atoms with Crippen molar-refractivity contribution in [1.29, 1.82) is 0 Å². The predicted octanol–water partition coefficient (Wildman–Crippen LogP) is 2.79. The molecule has 0 bridgehead atoms. The number of hydrogen-bond donors (Lipinski definition) is 0. The number of rotatable bonds is 6. The molecule has 0 atom stereocenters. The van der Waals surface area contributed by atoms with E-state index in [2.05, 4.69) is 15.9 Å². The number of benzene rings is 1. The van der Waals surface area contributed by atoms with Crippen LogP contribution in [0.3, 0.4) is 0 Å². The summed E-state index contributed by atoms with van der Waals surface area (Å²) in [5, 5.41) is 0. The lowest BCUT2D eigenvalue weighted by molar-refractivity contribution is -0.155. The van der Waals surface area contributed by atoms with Crippen LogP contribution in [0.1, 0.15) is 31.1 Å². The van der Waals surface area contributed by atoms with E-state index in [1.54, 1.807) is 12.1 Å². The van der Waals surface area contributed by atoms with Gasteiger partial charge in [-0.1, -0.05) is 15.9 Å². The fourth-order valence-electron chi connectivity index (χ4n) is 1.88. The lowest BCUT2D eigenvalue weighted by atomic mass is 10.2. The quantitative estimate of drug-likeness (QED) is 0.707. The summed E-state index contributed by atoms with van der Waals surface area (Å²) >= 11 is 3.35. The Hall–Kier alpha value is -1.40. The lowest BCUT2D eigenvalue weighted by Gasteiger charge is -2.26. The molecule has 0 spiro atoms. The van der Waals surface area contributed by atoms with Crippen LogP contribution in [-0.2, 0) is 9.53 Å². The number of carbonyl (C=O) groups excluding carboxylic acids is 2. The molecule has 1 rings (SSSR count). The standard InChI is InChI=1S/C17H25BrN2O3/c1-17(2,3)23-15(21)12-20(11-10-19(4)5)16(22)13-6-8-14(18)9-7-13/h6-9H,10-12H2,1-5H3. The third kappa shape index (κ3) is 7.61. The van der Waals surface area contributed by atoms with Crippen LogP contribution in [0, 0.1) is 0 Å². The molecular weight excluding hydrogens is 360 g/mol. The minimum atomic E-state index is -0.565. The van der Waals surface area contributed by atoms with E-state index < -0.39 is 11.6 Å². The lowest BCUT2D eigenvalue weighted by Crippen LogP contribution is -2.42. The summed E-state index contributed by atoms with van der Waals surface area (Å²) < 4.78 is 6.23. The summed E-state index contributed by atoms with van der Waals surface area (Å²) in [6.07, 6.45) is 0. The van der Waals surface area contributed by atoms with Crippen molar-refractivity contribution in [3.05, 3.63) is 34.3 Å². The van der Waals surface area contributed by atoms with E-state index in [9.17, 15) is 9.59 Å². The number of esters is 1. The van der Waals surface area contributed by atoms with E-state index in [0.717, 1.165) is 4.47 Å². The predicted molar refractivity (Wildman–Crippen MR) is 94.4 cm³/mol. The van der Waals surface area contributed by atoms with Crippen LogP contribution in [0.2, 0.25) is 0 Å². The number of amides is 1. The molecule has 0 aliphatic heterocycles. The highest BCUT2D eigenvalue weighted by Crippen LogP contribution is 2.13. The molecule has 128 valence electrons. The second kappa shape index (κ2) is 8.45. The van der Waals surface area contributed by atoms with Crippen molar-refractivity contribution in [2.75, 3.05) is 33.7 Å². The number of halogens is 1. The molecule has 1 aromatic carbocycles. The number of carbonyl (C=O) groups is 2. The first-order valence-corrected chi connectivity index (χ1v) is 8.29. The highest BCUT2D eigenvalue weighted by Gasteiger charge is 2.23. The van der Waals surface area contributed by atoms with Crippen molar-refractivity contribution in [1.82, 2.24) is 9.80 Å². The van der Waals surface area contributed by atoms with Crippen LogP contribution in [-0.4, -0.2) is 61.0 Å². The molecule has 0 aliphatic carbocycles. The third-order valence-corrected chi connectivity index (χ3v) is 3.46. The van der Waals surface area contributed by atoms with Gasteiger partial charge in [0.05, 0.1) is 0 Å². The maximum atomic E-state index is 12.7. The van der Waals surface area contributed by atoms with E-state index in [1.165, 1.54) is 4.90 Å². The zero-order valence-electron chi connectivity index (χ0n) is 14.4. The molecule has 0 saturated heterocycles. The minimum absolute atomic E-state index is 0.0555. The first-order valence-electron chi connectivity index (χ1n) is 7.50. The zero-order valence-corrected chi connectivity index (χ0v) is 16.0. The van der Waals surface area contributed by atoms with Gasteiger partial charge >= 0.3 is 5.97 Å². The molecule has 0 aromatic heterocycles. The molecule has 0 radical (unpaired) electrons. The Morgan fingerprint density at radius 2 is 1.65 bits per heavy atom. The molecule has 0 N–H and O–H groups in total. The molecule has 0 heterocycles. The molecule has 23 heavy (non-hydrogen) atoms. The van der Waals surface area contributed by atoms with E-state index >= 15 is 0 Å². The SMILES string of the molecule is CN(C)CCN(CC(=O)OC(C)(C)C)C(=O)c1ccc(Br)cc1. The van der Waals surface area contributed by atoms with E-state index in [4.69, 9.17) is 4.74 Å². The average molecular weight is 385 g/mol. The Kier molecular flexibility index (Phi) is 7.22. The summed E-state index contributed by atoms with van der Waals surface area (Å²) in [5.74, 6) is -0.577. The first kappa shape index (κ1) is 19.6. The molecular formula is C17H25BrN2O3. The monoisotopic (exact) mass is 384 g/mol. The summed E-state index contributed by atoms with van der Waals surface area (Å²) in [6.45, 7) is 6.51. The van der Waals surface area contributed by atoms with Crippen molar-refractivity contribution in [3.63, 3.8) is 0 Å². The van der Waals surface area contributed by atoms with Gasteiger partial charge in [0.1, 0.15) is 12.1 Å². The van der Waals surface area contributed by atoms with Crippen molar-refractivity contribution < 1.29 is 14.3 Å². The Morgan fingerprint density at radius 3 is 2.13 bits per heavy atom. The third-order valence-electron chi connectivity index (χ3n) is 2.94. The van der Waals surface area contributed by atoms with Crippen molar-refractivity contribution in [2.24, 2.45) is 0 Å². The van der Waals surface area contributed by atoms with Crippen molar-refractivity contribution in [2.45, 2.75) is 26.4 Å². The van der Waals surface area contributed by atoms with E-state index in [-0.39, 0.29) is 12.5 Å². The van der Waals surface area contributed by atoms with Crippen LogP contribution in [0.4, 0.5) is 0 Å². The maximum absolute atomic E-state index is 12.7. The Morgan fingerprint density at radius 1 is 1.09 bits per heavy atom. The Labute approximate surface area is 146 Å². The van der Waals surface area contributed by atoms with Gasteiger partial charge in [0.25, 0.3) is 5.91 Å². The molecule has 1 amide bonds. The molecule has 0 unspecified atom stereocenters. The number of nitrogens with zero attached hydrogens (tertiary/aromatic N) is 2. The molecule has 0 fully saturated rings. The molecule has 1 aromatic rings. The van der Waals surface area contributed by atoms with Gasteiger partial charge in [0, 0.05) is 23.1 Å². The number of ether oxygens (including phenoxy) is 1. The number of likely N-dealkylation sites (N-methyl/N-ethyl adjacent to an activating group) is 1. The van der Waals surface area contributed by atoms with Gasteiger partial charge in [-0.25, -0.2) is 0 Å². The smallest absolute Gasteiger partial charge is 0.326 e. The second-order valence-corrected chi connectivity index (χ2v) is 7.54. The highest BCUT2D eigenvalue weighted by atomic mass is 79.9. The van der Waals surface area contributed by atoms with E-state index in [0.29, 0.717) is 18.7 Å². The van der Waals surface area contributed by atoms with Gasteiger partial charge in [-0.05, 0) is 59.1 Å². The largest absolute Gasteiger partial charge is 0.459 e. The number of hydrogen-bond acceptors (Lipinski definition) is 4.